The van der Waals surface area contributed by atoms with Crippen LogP contribution in [0.5, 0.6) is 0 Å². The number of carbonyl (C=O) groups is 5. The summed E-state index contributed by atoms with van der Waals surface area (Å²) in [6.07, 6.45) is 4.37. The molecule has 332 valence electrons. The van der Waals surface area contributed by atoms with Crippen molar-refractivity contribution in [3.05, 3.63) is 93.7 Å². The summed E-state index contributed by atoms with van der Waals surface area (Å²) in [5.74, 6) is -1.28. The predicted octanol–water partition coefficient (Wildman–Crippen LogP) is 5.80. The summed E-state index contributed by atoms with van der Waals surface area (Å²) in [4.78, 5) is 77.6. The predicted molar refractivity (Wildman–Crippen MR) is 243 cm³/mol. The Morgan fingerprint density at radius 3 is 2.32 bits per heavy atom. The van der Waals surface area contributed by atoms with Gasteiger partial charge in [0.05, 0.1) is 36.5 Å². The van der Waals surface area contributed by atoms with Crippen molar-refractivity contribution in [2.75, 3.05) is 82.9 Å². The van der Waals surface area contributed by atoms with E-state index in [-0.39, 0.29) is 29.6 Å². The lowest BCUT2D eigenvalue weighted by atomic mass is 9.70. The molecule has 2 N–H and O–H groups in total. The van der Waals surface area contributed by atoms with E-state index in [2.05, 4.69) is 70.0 Å². The molecular weight excluding hydrogens is 817 g/mol. The Morgan fingerprint density at radius 2 is 1.56 bits per heavy atom. The number of ketones is 1. The molecule has 1 aliphatic carbocycles. The highest BCUT2D eigenvalue weighted by Crippen LogP contribution is 2.46. The molecular formula is C49H58N6O7S. The van der Waals surface area contributed by atoms with Gasteiger partial charge in [-0.15, -0.1) is 11.8 Å². The molecule has 3 aromatic carbocycles. The number of aryl methyl sites for hydroxylation is 1. The first-order valence-electron chi connectivity index (χ1n) is 22.7. The van der Waals surface area contributed by atoms with E-state index in [9.17, 15) is 24.0 Å². The number of piperazine rings is 1. The van der Waals surface area contributed by atoms with Crippen LogP contribution in [-0.4, -0.2) is 139 Å². The minimum absolute atomic E-state index is 0.0875. The van der Waals surface area contributed by atoms with Crippen LogP contribution >= 0.6 is 11.8 Å². The lowest BCUT2D eigenvalue weighted by molar-refractivity contribution is -0.136. The minimum Gasteiger partial charge on any atom is -0.379 e. The van der Waals surface area contributed by atoms with E-state index in [1.165, 1.54) is 23.0 Å². The molecule has 4 aromatic rings. The fraction of sp³-hybridized carbons (Fsp3) is 0.490. The highest BCUT2D eigenvalue weighted by atomic mass is 32.2. The molecule has 1 atom stereocenters. The van der Waals surface area contributed by atoms with Crippen molar-refractivity contribution in [1.29, 1.82) is 0 Å². The van der Waals surface area contributed by atoms with Gasteiger partial charge in [-0.3, -0.25) is 39.1 Å². The summed E-state index contributed by atoms with van der Waals surface area (Å²) in [6, 6.07) is 17.5. The summed E-state index contributed by atoms with van der Waals surface area (Å²) >= 11 is 1.44. The number of amides is 4. The number of ether oxygens (including phenoxy) is 2. The quantitative estimate of drug-likeness (QED) is 0.0850. The molecule has 0 radical (unpaired) electrons. The SMILES string of the molecule is CCc1cc2c(cc1N1CCC(N3CCN(CCCOCCOCCSc4cccc5c4C(=O)N(C4CCC(=O)NC4=O)C5=O)CC3)CC1)C(C)(C)c1[nH]c3ccccc3c1C2=O. The molecule has 5 aliphatic rings. The van der Waals surface area contributed by atoms with E-state index < -0.39 is 29.7 Å². The summed E-state index contributed by atoms with van der Waals surface area (Å²) in [5.41, 5.74) is 7.68. The number of aromatic amines is 1. The molecule has 1 unspecified atom stereocenters. The molecule has 13 nitrogen and oxygen atoms in total. The number of imide groups is 2. The maximum Gasteiger partial charge on any atom is 0.263 e. The van der Waals surface area contributed by atoms with Crippen LogP contribution in [0.4, 0.5) is 5.69 Å². The van der Waals surface area contributed by atoms with Gasteiger partial charge in [0, 0.05) is 109 Å². The van der Waals surface area contributed by atoms with Crippen LogP contribution in [0.25, 0.3) is 10.9 Å². The van der Waals surface area contributed by atoms with Crippen molar-refractivity contribution >= 4 is 57.8 Å². The molecule has 3 fully saturated rings. The van der Waals surface area contributed by atoms with Crippen molar-refractivity contribution in [2.24, 2.45) is 0 Å². The first-order valence-corrected chi connectivity index (χ1v) is 23.7. The van der Waals surface area contributed by atoms with E-state index in [1.807, 2.05) is 12.1 Å². The van der Waals surface area contributed by atoms with Crippen LogP contribution < -0.4 is 10.2 Å². The second-order valence-electron chi connectivity index (χ2n) is 17.9. The number of thioether (sulfide) groups is 1. The normalized spacial score (nSPS) is 20.7. The molecule has 5 heterocycles. The van der Waals surface area contributed by atoms with Crippen molar-refractivity contribution in [3.63, 3.8) is 0 Å². The summed E-state index contributed by atoms with van der Waals surface area (Å²) in [5, 5.41) is 3.25. The monoisotopic (exact) mass is 874 g/mol. The van der Waals surface area contributed by atoms with Gasteiger partial charge in [-0.2, -0.15) is 0 Å². The van der Waals surface area contributed by atoms with Crippen LogP contribution in [0.3, 0.4) is 0 Å². The highest BCUT2D eigenvalue weighted by molar-refractivity contribution is 7.99. The number of benzene rings is 3. The number of hydrogen-bond acceptors (Lipinski definition) is 11. The molecule has 9 rings (SSSR count). The van der Waals surface area contributed by atoms with Crippen LogP contribution in [0.1, 0.15) is 106 Å². The number of H-pyrrole nitrogens is 1. The van der Waals surface area contributed by atoms with E-state index >= 15 is 0 Å². The number of rotatable bonds is 15. The number of aromatic nitrogens is 1. The highest BCUT2D eigenvalue weighted by Gasteiger charge is 2.46. The van der Waals surface area contributed by atoms with Gasteiger partial charge in [-0.05, 0) is 73.6 Å². The van der Waals surface area contributed by atoms with Crippen molar-refractivity contribution < 1.29 is 33.4 Å². The third kappa shape index (κ3) is 8.36. The van der Waals surface area contributed by atoms with Gasteiger partial charge < -0.3 is 24.3 Å². The van der Waals surface area contributed by atoms with Gasteiger partial charge in [-0.25, -0.2) is 0 Å². The van der Waals surface area contributed by atoms with Gasteiger partial charge in [0.25, 0.3) is 11.8 Å². The Hall–Kier alpha value is -4.86. The van der Waals surface area contributed by atoms with Gasteiger partial charge >= 0.3 is 0 Å². The van der Waals surface area contributed by atoms with Gasteiger partial charge in [0.2, 0.25) is 11.8 Å². The fourth-order valence-electron chi connectivity index (χ4n) is 10.4. The topological polar surface area (TPSA) is 145 Å². The van der Waals surface area contributed by atoms with Crippen LogP contribution in [-0.2, 0) is 30.9 Å². The van der Waals surface area contributed by atoms with Gasteiger partial charge in [0.15, 0.2) is 5.78 Å². The number of nitrogens with one attached hydrogen (secondary N) is 2. The van der Waals surface area contributed by atoms with Gasteiger partial charge in [-0.1, -0.05) is 45.0 Å². The minimum atomic E-state index is -0.981. The van der Waals surface area contributed by atoms with Crippen LogP contribution in [0.15, 0.2) is 59.5 Å². The Morgan fingerprint density at radius 1 is 0.794 bits per heavy atom. The molecule has 63 heavy (non-hydrogen) atoms. The van der Waals surface area contributed by atoms with Crippen LogP contribution in [0.2, 0.25) is 0 Å². The lowest BCUT2D eigenvalue weighted by Crippen LogP contribution is -2.54. The molecule has 0 bridgehead atoms. The number of fused-ring (bicyclic) bond motifs is 5. The molecule has 0 spiro atoms. The zero-order valence-corrected chi connectivity index (χ0v) is 37.5. The van der Waals surface area contributed by atoms with Crippen molar-refractivity contribution in [1.82, 2.24) is 25.0 Å². The van der Waals surface area contributed by atoms with E-state index in [0.29, 0.717) is 48.7 Å². The van der Waals surface area contributed by atoms with E-state index in [0.717, 1.165) is 110 Å². The van der Waals surface area contributed by atoms with Crippen molar-refractivity contribution in [3.8, 4) is 0 Å². The van der Waals surface area contributed by atoms with Crippen molar-refractivity contribution in [2.45, 2.75) is 81.7 Å². The number of hydrogen-bond donors (Lipinski definition) is 2. The Labute approximate surface area is 373 Å². The zero-order valence-electron chi connectivity index (χ0n) is 36.6. The summed E-state index contributed by atoms with van der Waals surface area (Å²) in [6.45, 7) is 16.2. The summed E-state index contributed by atoms with van der Waals surface area (Å²) < 4.78 is 11.7. The number of carbonyl (C=O) groups excluding carboxylic acids is 5. The lowest BCUT2D eigenvalue weighted by Gasteiger charge is -2.44. The first-order chi connectivity index (χ1) is 30.5. The molecule has 0 saturated carbocycles. The first kappa shape index (κ1) is 43.4. The molecule has 4 amide bonds. The Kier molecular flexibility index (Phi) is 12.6. The second-order valence-corrected chi connectivity index (χ2v) is 19.0. The molecule has 3 saturated heterocycles. The number of anilines is 1. The largest absolute Gasteiger partial charge is 0.379 e. The zero-order chi connectivity index (χ0) is 43.8. The Balaban J connectivity index is 0.664. The average molecular weight is 875 g/mol. The van der Waals surface area contributed by atoms with E-state index in [4.69, 9.17) is 9.47 Å². The van der Waals surface area contributed by atoms with Gasteiger partial charge in [0.1, 0.15) is 6.04 Å². The summed E-state index contributed by atoms with van der Waals surface area (Å²) in [7, 11) is 0. The molecule has 14 heteroatoms. The second kappa shape index (κ2) is 18.3. The Bertz CT molecular complexity index is 2430. The third-order valence-corrected chi connectivity index (χ3v) is 14.9. The number of piperidine rings is 2. The number of para-hydroxylation sites is 1. The van der Waals surface area contributed by atoms with E-state index in [1.54, 1.807) is 18.2 Å². The number of nitrogens with zero attached hydrogens (tertiary/aromatic N) is 4. The van der Waals surface area contributed by atoms with Crippen LogP contribution in [0, 0.1) is 0 Å². The maximum atomic E-state index is 14.0. The maximum absolute atomic E-state index is 14.0. The third-order valence-electron chi connectivity index (χ3n) is 13.9. The smallest absolute Gasteiger partial charge is 0.263 e. The molecule has 1 aromatic heterocycles. The molecule has 4 aliphatic heterocycles. The average Bonchev–Trinajstić information content (AvgIpc) is 3.82. The standard InChI is InChI=1S/C49H58N6O7S/c1-4-31-29-35-36(49(2,3)45-43(44(35)57)33-9-5-6-11-37(33)50-45)30-39(31)54-18-15-32(16-19-54)53-22-20-52(21-23-53)17-8-24-61-25-26-62-27-28-63-40-12-7-10-34-42(40)48(60)55(47(34)59)38-13-14-41(56)51-46(38)58/h5-7,9-12,29-30,32,38,50H,4,8,13-28H2,1-3H3,(H,51,56,58). The fourth-order valence-corrected chi connectivity index (χ4v) is 11.3.